The molecule has 4 nitrogen and oxygen atoms in total. The normalized spacial score (nSPS) is 14.8. The molecular formula is C15H17N3OS. The third-order valence-electron chi connectivity index (χ3n) is 3.63. The lowest BCUT2D eigenvalue weighted by molar-refractivity contribution is -0.117. The summed E-state index contributed by atoms with van der Waals surface area (Å²) in [6.07, 6.45) is 3.31. The highest BCUT2D eigenvalue weighted by atomic mass is 32.1. The van der Waals surface area contributed by atoms with E-state index in [0.717, 1.165) is 29.2 Å². The van der Waals surface area contributed by atoms with Crippen LogP contribution in [0.3, 0.4) is 0 Å². The number of hydrogen-bond acceptors (Lipinski definition) is 4. The van der Waals surface area contributed by atoms with Crippen molar-refractivity contribution in [2.24, 2.45) is 0 Å². The van der Waals surface area contributed by atoms with Crippen LogP contribution in [0.2, 0.25) is 0 Å². The molecule has 0 bridgehead atoms. The topological polar surface area (TPSA) is 68.0 Å². The van der Waals surface area contributed by atoms with Crippen LogP contribution in [0.5, 0.6) is 0 Å². The second-order valence-electron chi connectivity index (χ2n) is 5.12. The SMILES string of the molecule is CC(C(=O)Nc1nc2c(s1)CCC2)c1cccc(N)c1. The minimum Gasteiger partial charge on any atom is -0.399 e. The lowest BCUT2D eigenvalue weighted by Gasteiger charge is -2.11. The molecule has 104 valence electrons. The summed E-state index contributed by atoms with van der Waals surface area (Å²) in [7, 11) is 0. The van der Waals surface area contributed by atoms with Crippen LogP contribution in [0.4, 0.5) is 10.8 Å². The van der Waals surface area contributed by atoms with E-state index in [1.165, 1.54) is 11.3 Å². The predicted octanol–water partition coefficient (Wildman–Crippen LogP) is 2.96. The molecule has 0 aliphatic heterocycles. The summed E-state index contributed by atoms with van der Waals surface area (Å²) in [5.74, 6) is -0.278. The largest absolute Gasteiger partial charge is 0.399 e. The van der Waals surface area contributed by atoms with Crippen molar-refractivity contribution in [1.82, 2.24) is 4.98 Å². The maximum absolute atomic E-state index is 12.3. The first kappa shape index (κ1) is 13.1. The average molecular weight is 287 g/mol. The zero-order valence-corrected chi connectivity index (χ0v) is 12.2. The van der Waals surface area contributed by atoms with Gasteiger partial charge in [0.05, 0.1) is 11.6 Å². The monoisotopic (exact) mass is 287 g/mol. The van der Waals surface area contributed by atoms with Crippen molar-refractivity contribution in [3.63, 3.8) is 0 Å². The smallest absolute Gasteiger partial charge is 0.233 e. The van der Waals surface area contributed by atoms with Crippen molar-refractivity contribution >= 4 is 28.1 Å². The Morgan fingerprint density at radius 1 is 1.45 bits per heavy atom. The molecule has 0 spiro atoms. The fourth-order valence-corrected chi connectivity index (χ4v) is 3.49. The van der Waals surface area contributed by atoms with Gasteiger partial charge < -0.3 is 11.1 Å². The molecule has 0 saturated heterocycles. The van der Waals surface area contributed by atoms with Crippen LogP contribution in [-0.4, -0.2) is 10.9 Å². The van der Waals surface area contributed by atoms with Gasteiger partial charge in [-0.15, -0.1) is 11.3 Å². The molecule has 0 fully saturated rings. The molecule has 1 atom stereocenters. The van der Waals surface area contributed by atoms with Crippen LogP contribution < -0.4 is 11.1 Å². The molecule has 1 aromatic carbocycles. The van der Waals surface area contributed by atoms with E-state index in [2.05, 4.69) is 10.3 Å². The Bertz CT molecular complexity index is 629. The van der Waals surface area contributed by atoms with E-state index in [1.54, 1.807) is 11.3 Å². The highest BCUT2D eigenvalue weighted by Gasteiger charge is 2.20. The minimum atomic E-state index is -0.239. The number of benzene rings is 1. The van der Waals surface area contributed by atoms with Gasteiger partial charge in [-0.05, 0) is 43.9 Å². The van der Waals surface area contributed by atoms with Crippen molar-refractivity contribution < 1.29 is 4.79 Å². The lowest BCUT2D eigenvalue weighted by atomic mass is 10.00. The predicted molar refractivity (Wildman–Crippen MR) is 82.0 cm³/mol. The van der Waals surface area contributed by atoms with E-state index in [0.29, 0.717) is 5.69 Å². The summed E-state index contributed by atoms with van der Waals surface area (Å²) in [6, 6.07) is 7.44. The fourth-order valence-electron chi connectivity index (χ4n) is 2.44. The van der Waals surface area contributed by atoms with Crippen molar-refractivity contribution in [1.29, 1.82) is 0 Å². The molecule has 1 aromatic heterocycles. The number of nitrogens with one attached hydrogen (secondary N) is 1. The zero-order chi connectivity index (χ0) is 14.1. The Morgan fingerprint density at radius 2 is 2.30 bits per heavy atom. The Hall–Kier alpha value is -1.88. The number of nitrogens with zero attached hydrogens (tertiary/aromatic N) is 1. The van der Waals surface area contributed by atoms with Crippen LogP contribution in [-0.2, 0) is 17.6 Å². The number of hydrogen-bond donors (Lipinski definition) is 2. The van der Waals surface area contributed by atoms with Gasteiger partial charge >= 0.3 is 0 Å². The molecule has 1 heterocycles. The maximum atomic E-state index is 12.3. The van der Waals surface area contributed by atoms with Gasteiger partial charge in [-0.1, -0.05) is 12.1 Å². The number of fused-ring (bicyclic) bond motifs is 1. The van der Waals surface area contributed by atoms with E-state index < -0.39 is 0 Å². The van der Waals surface area contributed by atoms with Gasteiger partial charge in [0.25, 0.3) is 0 Å². The van der Waals surface area contributed by atoms with Gasteiger partial charge in [0.15, 0.2) is 5.13 Å². The number of aromatic nitrogens is 1. The molecular weight excluding hydrogens is 270 g/mol. The van der Waals surface area contributed by atoms with Gasteiger partial charge in [0.1, 0.15) is 0 Å². The van der Waals surface area contributed by atoms with Crippen LogP contribution in [0.15, 0.2) is 24.3 Å². The fraction of sp³-hybridized carbons (Fsp3) is 0.333. The number of aryl methyl sites for hydroxylation is 2. The third-order valence-corrected chi connectivity index (χ3v) is 4.70. The van der Waals surface area contributed by atoms with Crippen LogP contribution >= 0.6 is 11.3 Å². The first-order valence-electron chi connectivity index (χ1n) is 6.78. The number of carbonyl (C=O) groups excluding carboxylic acids is 1. The molecule has 1 aliphatic rings. The molecule has 20 heavy (non-hydrogen) atoms. The number of rotatable bonds is 3. The summed E-state index contributed by atoms with van der Waals surface area (Å²) in [4.78, 5) is 18.1. The van der Waals surface area contributed by atoms with Crippen LogP contribution in [0.25, 0.3) is 0 Å². The lowest BCUT2D eigenvalue weighted by Crippen LogP contribution is -2.18. The number of nitrogen functional groups attached to an aromatic ring is 1. The standard InChI is InChI=1S/C15H17N3OS/c1-9(10-4-2-5-11(16)8-10)14(19)18-15-17-12-6-3-7-13(12)20-15/h2,4-5,8-9H,3,6-7,16H2,1H3,(H,17,18,19). The van der Waals surface area contributed by atoms with E-state index in [-0.39, 0.29) is 11.8 Å². The second kappa shape index (κ2) is 5.25. The highest BCUT2D eigenvalue weighted by Crippen LogP contribution is 2.31. The third kappa shape index (κ3) is 2.54. The van der Waals surface area contributed by atoms with Crippen LogP contribution in [0, 0.1) is 0 Å². The van der Waals surface area contributed by atoms with Crippen molar-refractivity contribution in [2.75, 3.05) is 11.1 Å². The number of thiazole rings is 1. The second-order valence-corrected chi connectivity index (χ2v) is 6.21. The molecule has 1 unspecified atom stereocenters. The van der Waals surface area contributed by atoms with Crippen LogP contribution in [0.1, 0.15) is 35.4 Å². The summed E-state index contributed by atoms with van der Waals surface area (Å²) >= 11 is 1.60. The number of anilines is 2. The molecule has 1 aliphatic carbocycles. The molecule has 5 heteroatoms. The van der Waals surface area contributed by atoms with Gasteiger partial charge in [0, 0.05) is 10.6 Å². The molecule has 3 rings (SSSR count). The number of carbonyl (C=O) groups is 1. The van der Waals surface area contributed by atoms with Gasteiger partial charge in [-0.3, -0.25) is 4.79 Å². The summed E-state index contributed by atoms with van der Waals surface area (Å²) in [6.45, 7) is 1.88. The molecule has 2 aromatic rings. The van der Waals surface area contributed by atoms with E-state index in [4.69, 9.17) is 5.73 Å². The van der Waals surface area contributed by atoms with E-state index in [1.807, 2.05) is 31.2 Å². The molecule has 3 N–H and O–H groups in total. The van der Waals surface area contributed by atoms with Crippen molar-refractivity contribution in [2.45, 2.75) is 32.1 Å². The van der Waals surface area contributed by atoms with E-state index >= 15 is 0 Å². The Labute approximate surface area is 122 Å². The first-order chi connectivity index (χ1) is 9.63. The minimum absolute atomic E-state index is 0.0389. The van der Waals surface area contributed by atoms with Gasteiger partial charge in [-0.25, -0.2) is 4.98 Å². The molecule has 1 amide bonds. The van der Waals surface area contributed by atoms with Crippen molar-refractivity contribution in [3.05, 3.63) is 40.4 Å². The van der Waals surface area contributed by atoms with E-state index in [9.17, 15) is 4.79 Å². The summed E-state index contributed by atoms with van der Waals surface area (Å²) in [5, 5.41) is 3.63. The zero-order valence-electron chi connectivity index (χ0n) is 11.3. The quantitative estimate of drug-likeness (QED) is 0.853. The number of nitrogens with two attached hydrogens (primary N) is 1. The summed E-state index contributed by atoms with van der Waals surface area (Å²) < 4.78 is 0. The molecule has 0 radical (unpaired) electrons. The Balaban J connectivity index is 1.72. The first-order valence-corrected chi connectivity index (χ1v) is 7.60. The van der Waals surface area contributed by atoms with Gasteiger partial charge in [-0.2, -0.15) is 0 Å². The Kier molecular flexibility index (Phi) is 3.44. The average Bonchev–Trinajstić information content (AvgIpc) is 2.98. The highest BCUT2D eigenvalue weighted by molar-refractivity contribution is 7.15. The number of amides is 1. The van der Waals surface area contributed by atoms with Crippen molar-refractivity contribution in [3.8, 4) is 0 Å². The van der Waals surface area contributed by atoms with Gasteiger partial charge in [0.2, 0.25) is 5.91 Å². The maximum Gasteiger partial charge on any atom is 0.233 e. The summed E-state index contributed by atoms with van der Waals surface area (Å²) in [5.41, 5.74) is 8.51. The molecule has 0 saturated carbocycles. The Morgan fingerprint density at radius 3 is 3.05 bits per heavy atom.